The molecule has 32 heavy (non-hydrogen) atoms. The summed E-state index contributed by atoms with van der Waals surface area (Å²) >= 11 is 7.20. The van der Waals surface area contributed by atoms with Crippen LogP contribution in [0, 0.1) is 0 Å². The number of aromatic nitrogens is 2. The molecule has 1 saturated heterocycles. The topological polar surface area (TPSA) is 131 Å². The first-order chi connectivity index (χ1) is 15.2. The molecule has 2 aromatic rings. The maximum Gasteiger partial charge on any atom is 0.248 e. The highest BCUT2D eigenvalue weighted by Crippen LogP contribution is 2.26. The third-order valence-corrected chi connectivity index (χ3v) is 7.01. The summed E-state index contributed by atoms with van der Waals surface area (Å²) in [6, 6.07) is 4.15. The van der Waals surface area contributed by atoms with Crippen LogP contribution >= 0.6 is 23.1 Å². The molecule has 13 heteroatoms. The second-order valence-corrected chi connectivity index (χ2v) is 10.0. The number of carbonyl (C=O) groups is 2. The van der Waals surface area contributed by atoms with Crippen LogP contribution in [0.15, 0.2) is 35.4 Å². The maximum absolute atomic E-state index is 12.5. The fraction of sp³-hybridized carbons (Fsp3) is 0.368. The first-order valence-corrected chi connectivity index (χ1v) is 12.4. The number of hydrogen-bond acceptors (Lipinski definition) is 9. The normalized spacial score (nSPS) is 14.7. The van der Waals surface area contributed by atoms with Crippen molar-refractivity contribution in [3.05, 3.63) is 41.3 Å². The Kier molecular flexibility index (Phi) is 8.18. The highest BCUT2D eigenvalue weighted by molar-refractivity contribution is 7.91. The monoisotopic (exact) mass is 499 g/mol. The molecule has 0 unspecified atom stereocenters. The van der Waals surface area contributed by atoms with Crippen LogP contribution in [0.25, 0.3) is 0 Å². The van der Waals surface area contributed by atoms with Crippen molar-refractivity contribution < 1.29 is 22.7 Å². The van der Waals surface area contributed by atoms with E-state index in [1.54, 1.807) is 4.90 Å². The second kappa shape index (κ2) is 10.9. The Balaban J connectivity index is 1.50. The Morgan fingerprint density at radius 2 is 2.22 bits per heavy atom. The highest BCUT2D eigenvalue weighted by Gasteiger charge is 2.19. The molecule has 2 heterocycles. The third-order valence-electron chi connectivity index (χ3n) is 4.41. The lowest BCUT2D eigenvalue weighted by molar-refractivity contribution is -0.142. The van der Waals surface area contributed by atoms with Gasteiger partial charge in [0.15, 0.2) is 9.84 Å². The number of ether oxygens (including phenoxy) is 1. The van der Waals surface area contributed by atoms with E-state index in [1.807, 2.05) is 0 Å². The molecule has 0 radical (unpaired) electrons. The van der Waals surface area contributed by atoms with E-state index in [0.29, 0.717) is 42.8 Å². The molecule has 2 N–H and O–H groups in total. The van der Waals surface area contributed by atoms with Gasteiger partial charge in [0.25, 0.3) is 0 Å². The average Bonchev–Trinajstić information content (AvgIpc) is 3.19. The van der Waals surface area contributed by atoms with Crippen LogP contribution in [-0.2, 0) is 30.6 Å². The van der Waals surface area contributed by atoms with Gasteiger partial charge in [-0.2, -0.15) is 4.37 Å². The van der Waals surface area contributed by atoms with Gasteiger partial charge in [0.1, 0.15) is 12.4 Å². The second-order valence-electron chi connectivity index (χ2n) is 6.85. The number of carbonyl (C=O) groups excluding carboxylic acids is 2. The van der Waals surface area contributed by atoms with E-state index >= 15 is 0 Å². The standard InChI is InChI=1S/C19H22ClN5O5S2/c1-13(26)22-16-4-3-14(11-15(16)20)32(28,29)10-2-6-21-19-23-17(24-31-19)5-7-25-8-9-30-12-18(25)27/h2-4,6,11H,5,7-10,12H2,1H3,(H,22,26)(H,21,23,24). The van der Waals surface area contributed by atoms with Crippen LogP contribution in [0.2, 0.25) is 5.02 Å². The molecular formula is C19H22ClN5O5S2. The lowest BCUT2D eigenvalue weighted by atomic mass is 10.3. The van der Waals surface area contributed by atoms with E-state index in [4.69, 9.17) is 16.3 Å². The van der Waals surface area contributed by atoms with Crippen LogP contribution < -0.4 is 10.6 Å². The highest BCUT2D eigenvalue weighted by atomic mass is 35.5. The predicted octanol–water partition coefficient (Wildman–Crippen LogP) is 1.95. The van der Waals surface area contributed by atoms with Crippen LogP contribution in [0.4, 0.5) is 10.8 Å². The Morgan fingerprint density at radius 3 is 2.94 bits per heavy atom. The minimum Gasteiger partial charge on any atom is -0.370 e. The molecule has 2 amide bonds. The Labute approximate surface area is 194 Å². The first-order valence-electron chi connectivity index (χ1n) is 9.64. The summed E-state index contributed by atoms with van der Waals surface area (Å²) in [6.07, 6.45) is 3.47. The van der Waals surface area contributed by atoms with Crippen molar-refractivity contribution in [1.82, 2.24) is 14.3 Å². The number of nitrogens with zero attached hydrogens (tertiary/aromatic N) is 3. The smallest absolute Gasteiger partial charge is 0.248 e. The van der Waals surface area contributed by atoms with E-state index in [1.165, 1.54) is 37.4 Å². The molecule has 3 rings (SSSR count). The summed E-state index contributed by atoms with van der Waals surface area (Å²) in [7, 11) is -3.61. The van der Waals surface area contributed by atoms with Gasteiger partial charge in [0.05, 0.1) is 28.0 Å². The van der Waals surface area contributed by atoms with Crippen molar-refractivity contribution in [3.8, 4) is 0 Å². The first kappa shape index (κ1) is 24.1. The maximum atomic E-state index is 12.5. The van der Waals surface area contributed by atoms with Gasteiger partial charge in [-0.3, -0.25) is 9.59 Å². The SMILES string of the molecule is CC(=O)Nc1ccc(S(=O)(=O)CC=CNc2nc(CCN3CCOCC3=O)ns2)cc1Cl. The van der Waals surface area contributed by atoms with E-state index in [2.05, 4.69) is 20.0 Å². The number of benzene rings is 1. The molecule has 1 aliphatic rings. The molecule has 172 valence electrons. The molecule has 10 nitrogen and oxygen atoms in total. The molecule has 0 saturated carbocycles. The van der Waals surface area contributed by atoms with Crippen LogP contribution in [0.5, 0.6) is 0 Å². The Bertz CT molecular complexity index is 1120. The number of rotatable bonds is 9. The van der Waals surface area contributed by atoms with Crippen LogP contribution in [0.1, 0.15) is 12.7 Å². The van der Waals surface area contributed by atoms with Gasteiger partial charge < -0.3 is 20.3 Å². The fourth-order valence-electron chi connectivity index (χ4n) is 2.82. The lowest BCUT2D eigenvalue weighted by Gasteiger charge is -2.26. The van der Waals surface area contributed by atoms with Crippen LogP contribution in [0.3, 0.4) is 0 Å². The van der Waals surface area contributed by atoms with Gasteiger partial charge in [0.2, 0.25) is 16.9 Å². The number of anilines is 2. The number of amides is 2. The summed E-state index contributed by atoms with van der Waals surface area (Å²) < 4.78 is 34.3. The van der Waals surface area contributed by atoms with Crippen molar-refractivity contribution in [3.63, 3.8) is 0 Å². The molecule has 1 aliphatic heterocycles. The largest absolute Gasteiger partial charge is 0.370 e. The minimum atomic E-state index is -3.61. The van der Waals surface area contributed by atoms with E-state index in [0.717, 1.165) is 11.5 Å². The van der Waals surface area contributed by atoms with Crippen molar-refractivity contribution in [2.75, 3.05) is 42.7 Å². The zero-order valence-electron chi connectivity index (χ0n) is 17.2. The van der Waals surface area contributed by atoms with E-state index < -0.39 is 9.84 Å². The molecule has 1 aromatic carbocycles. The van der Waals surface area contributed by atoms with E-state index in [-0.39, 0.29) is 34.1 Å². The number of nitrogens with one attached hydrogen (secondary N) is 2. The molecule has 0 aliphatic carbocycles. The summed E-state index contributed by atoms with van der Waals surface area (Å²) in [5.41, 5.74) is 0.348. The van der Waals surface area contributed by atoms with Crippen molar-refractivity contribution in [1.29, 1.82) is 0 Å². The van der Waals surface area contributed by atoms with Crippen molar-refractivity contribution >= 4 is 55.6 Å². The summed E-state index contributed by atoms with van der Waals surface area (Å²) in [5.74, 6) is 0.0123. The lowest BCUT2D eigenvalue weighted by Crippen LogP contribution is -2.42. The molecular weight excluding hydrogens is 478 g/mol. The summed E-state index contributed by atoms with van der Waals surface area (Å²) in [4.78, 5) is 29.0. The Hall–Kier alpha value is -2.54. The van der Waals surface area contributed by atoms with E-state index in [9.17, 15) is 18.0 Å². The van der Waals surface area contributed by atoms with Crippen molar-refractivity contribution in [2.24, 2.45) is 0 Å². The third kappa shape index (κ3) is 6.73. The van der Waals surface area contributed by atoms with Gasteiger partial charge in [-0.1, -0.05) is 17.7 Å². The number of morpholine rings is 1. The van der Waals surface area contributed by atoms with Gasteiger partial charge in [-0.25, -0.2) is 13.4 Å². The fourth-order valence-corrected chi connectivity index (χ4v) is 4.82. The molecule has 0 spiro atoms. The van der Waals surface area contributed by atoms with Gasteiger partial charge in [-0.15, -0.1) is 0 Å². The zero-order chi connectivity index (χ0) is 23.1. The molecule has 0 atom stereocenters. The molecule has 1 fully saturated rings. The van der Waals surface area contributed by atoms with Crippen molar-refractivity contribution in [2.45, 2.75) is 18.2 Å². The zero-order valence-corrected chi connectivity index (χ0v) is 19.6. The summed E-state index contributed by atoms with van der Waals surface area (Å²) in [5, 5.41) is 6.09. The quantitative estimate of drug-likeness (QED) is 0.535. The minimum absolute atomic E-state index is 0.0417. The predicted molar refractivity (Wildman–Crippen MR) is 122 cm³/mol. The number of sulfone groups is 1. The average molecular weight is 500 g/mol. The van der Waals surface area contributed by atoms with Gasteiger partial charge >= 0.3 is 0 Å². The van der Waals surface area contributed by atoms with Crippen LogP contribution in [-0.4, -0.2) is 66.5 Å². The van der Waals surface area contributed by atoms with Gasteiger partial charge in [-0.05, 0) is 18.2 Å². The molecule has 1 aromatic heterocycles. The molecule has 0 bridgehead atoms. The summed E-state index contributed by atoms with van der Waals surface area (Å²) in [6.45, 7) is 3.06. The number of hydrogen-bond donors (Lipinski definition) is 2. The Morgan fingerprint density at radius 1 is 1.41 bits per heavy atom. The number of halogens is 1. The van der Waals surface area contributed by atoms with Gasteiger partial charge in [0, 0.05) is 44.2 Å².